The fourth-order valence-corrected chi connectivity index (χ4v) is 3.28. The Morgan fingerprint density at radius 2 is 2.10 bits per heavy atom. The van der Waals surface area contributed by atoms with Gasteiger partial charge >= 0.3 is 0 Å². The molecule has 20 heavy (non-hydrogen) atoms. The number of aryl methyl sites for hydroxylation is 1. The maximum atomic E-state index is 12.4. The summed E-state index contributed by atoms with van der Waals surface area (Å²) in [5, 5.41) is 0. The first kappa shape index (κ1) is 13.8. The van der Waals surface area contributed by atoms with E-state index in [9.17, 15) is 4.79 Å². The van der Waals surface area contributed by atoms with Crippen LogP contribution in [0.4, 0.5) is 0 Å². The number of ether oxygens (including phenoxy) is 2. The highest BCUT2D eigenvalue weighted by atomic mass is 16.6. The van der Waals surface area contributed by atoms with Gasteiger partial charge in [-0.25, -0.2) is 0 Å². The minimum absolute atomic E-state index is 0.161. The Hall–Kier alpha value is -1.19. The van der Waals surface area contributed by atoms with Gasteiger partial charge in [-0.1, -0.05) is 30.3 Å². The van der Waals surface area contributed by atoms with Crippen LogP contribution in [0.1, 0.15) is 31.2 Å². The fraction of sp³-hybridized carbons (Fsp3) is 0.588. The van der Waals surface area contributed by atoms with Crippen LogP contribution in [-0.2, 0) is 20.7 Å². The van der Waals surface area contributed by atoms with Crippen molar-refractivity contribution in [3.05, 3.63) is 35.9 Å². The summed E-state index contributed by atoms with van der Waals surface area (Å²) in [6.07, 6.45) is 4.15. The molecule has 0 N–H and O–H groups in total. The molecule has 1 spiro atoms. The predicted octanol–water partition coefficient (Wildman–Crippen LogP) is 2.77. The lowest BCUT2D eigenvalue weighted by molar-refractivity contribution is -0.137. The van der Waals surface area contributed by atoms with Crippen molar-refractivity contribution in [2.45, 2.75) is 37.7 Å². The summed E-state index contributed by atoms with van der Waals surface area (Å²) in [4.78, 5) is 12.4. The van der Waals surface area contributed by atoms with Gasteiger partial charge in [0.05, 0.1) is 12.2 Å². The lowest BCUT2D eigenvalue weighted by Gasteiger charge is -2.36. The molecule has 0 amide bonds. The predicted molar refractivity (Wildman–Crippen MR) is 76.6 cm³/mol. The van der Waals surface area contributed by atoms with Gasteiger partial charge in [-0.15, -0.1) is 0 Å². The summed E-state index contributed by atoms with van der Waals surface area (Å²) in [6, 6.07) is 10.2. The molecule has 3 nitrogen and oxygen atoms in total. The summed E-state index contributed by atoms with van der Waals surface area (Å²) >= 11 is 0. The lowest BCUT2D eigenvalue weighted by atomic mass is 9.81. The second kappa shape index (κ2) is 6.06. The third kappa shape index (κ3) is 3.10. The molecule has 2 aliphatic heterocycles. The Morgan fingerprint density at radius 3 is 2.85 bits per heavy atom. The quantitative estimate of drug-likeness (QED) is 0.847. The maximum Gasteiger partial charge on any atom is 0.136 e. The maximum absolute atomic E-state index is 12.4. The zero-order valence-electron chi connectivity index (χ0n) is 11.8. The van der Waals surface area contributed by atoms with Crippen LogP contribution in [0.5, 0.6) is 0 Å². The molecule has 2 saturated heterocycles. The van der Waals surface area contributed by atoms with Crippen LogP contribution in [0.25, 0.3) is 0 Å². The van der Waals surface area contributed by atoms with E-state index in [1.165, 1.54) is 5.56 Å². The van der Waals surface area contributed by atoms with Crippen LogP contribution in [0.2, 0.25) is 0 Å². The number of benzene rings is 1. The molecule has 0 radical (unpaired) electrons. The number of rotatable bonds is 4. The van der Waals surface area contributed by atoms with Gasteiger partial charge in [-0.05, 0) is 24.8 Å². The third-order valence-corrected chi connectivity index (χ3v) is 4.52. The number of carbonyl (C=O) groups is 1. The van der Waals surface area contributed by atoms with E-state index < -0.39 is 0 Å². The summed E-state index contributed by atoms with van der Waals surface area (Å²) in [7, 11) is 0. The second-order valence-electron chi connectivity index (χ2n) is 5.98. The van der Waals surface area contributed by atoms with Gasteiger partial charge in [-0.3, -0.25) is 4.79 Å². The number of hydrogen-bond donors (Lipinski definition) is 0. The minimum atomic E-state index is -0.161. The van der Waals surface area contributed by atoms with Crippen molar-refractivity contribution in [3.63, 3.8) is 0 Å². The first-order chi connectivity index (χ1) is 9.77. The molecule has 0 bridgehead atoms. The zero-order chi connectivity index (χ0) is 13.8. The molecule has 1 aromatic carbocycles. The molecule has 2 atom stereocenters. The first-order valence-corrected chi connectivity index (χ1v) is 7.56. The SMILES string of the molecule is O=C(CCc1ccccc1)C1CCOC2(CCOC2)C1. The fourth-order valence-electron chi connectivity index (χ4n) is 3.28. The number of Topliss-reactive ketones (excluding diaryl/α,β-unsaturated/α-hetero) is 1. The molecule has 2 heterocycles. The van der Waals surface area contributed by atoms with Crippen molar-refractivity contribution in [2.24, 2.45) is 5.92 Å². The summed E-state index contributed by atoms with van der Waals surface area (Å²) in [6.45, 7) is 2.13. The van der Waals surface area contributed by atoms with E-state index in [4.69, 9.17) is 9.47 Å². The van der Waals surface area contributed by atoms with Crippen molar-refractivity contribution in [3.8, 4) is 0 Å². The summed E-state index contributed by atoms with van der Waals surface area (Å²) < 4.78 is 11.4. The van der Waals surface area contributed by atoms with Gasteiger partial charge in [0.15, 0.2) is 0 Å². The summed E-state index contributed by atoms with van der Waals surface area (Å²) in [5.74, 6) is 0.553. The largest absolute Gasteiger partial charge is 0.378 e. The Morgan fingerprint density at radius 1 is 1.25 bits per heavy atom. The number of carbonyl (C=O) groups excluding carboxylic acids is 1. The molecular formula is C17H22O3. The van der Waals surface area contributed by atoms with Gasteiger partial charge in [0.1, 0.15) is 5.78 Å². The van der Waals surface area contributed by atoms with Gasteiger partial charge in [0, 0.05) is 32.0 Å². The van der Waals surface area contributed by atoms with Crippen molar-refractivity contribution in [2.75, 3.05) is 19.8 Å². The van der Waals surface area contributed by atoms with Crippen LogP contribution in [0.3, 0.4) is 0 Å². The zero-order valence-corrected chi connectivity index (χ0v) is 11.8. The molecule has 3 rings (SSSR count). The normalized spacial score (nSPS) is 29.7. The highest BCUT2D eigenvalue weighted by molar-refractivity contribution is 5.81. The van der Waals surface area contributed by atoms with Crippen LogP contribution in [0.15, 0.2) is 30.3 Å². The molecule has 3 heteroatoms. The topological polar surface area (TPSA) is 35.5 Å². The Kier molecular flexibility index (Phi) is 4.18. The molecule has 2 aliphatic rings. The molecule has 0 aromatic heterocycles. The van der Waals surface area contributed by atoms with E-state index in [1.54, 1.807) is 0 Å². The second-order valence-corrected chi connectivity index (χ2v) is 5.98. The minimum Gasteiger partial charge on any atom is -0.378 e. The standard InChI is InChI=1S/C17H22O3/c18-16(7-6-14-4-2-1-3-5-14)15-8-10-20-17(12-15)9-11-19-13-17/h1-5,15H,6-13H2. The number of hydrogen-bond acceptors (Lipinski definition) is 3. The Balaban J connectivity index is 1.54. The van der Waals surface area contributed by atoms with E-state index in [0.29, 0.717) is 25.4 Å². The van der Waals surface area contributed by atoms with E-state index in [1.807, 2.05) is 18.2 Å². The molecule has 2 unspecified atom stereocenters. The molecule has 1 aromatic rings. The summed E-state index contributed by atoms with van der Waals surface area (Å²) in [5.41, 5.74) is 1.08. The van der Waals surface area contributed by atoms with E-state index >= 15 is 0 Å². The third-order valence-electron chi connectivity index (χ3n) is 4.52. The van der Waals surface area contributed by atoms with Gasteiger partial charge in [0.2, 0.25) is 0 Å². The van der Waals surface area contributed by atoms with Crippen molar-refractivity contribution >= 4 is 5.78 Å². The van der Waals surface area contributed by atoms with Crippen LogP contribution < -0.4 is 0 Å². The lowest BCUT2D eigenvalue weighted by Crippen LogP contribution is -2.42. The highest BCUT2D eigenvalue weighted by Gasteiger charge is 2.42. The number of ketones is 1. The monoisotopic (exact) mass is 274 g/mol. The van der Waals surface area contributed by atoms with Crippen LogP contribution in [0, 0.1) is 5.92 Å². The van der Waals surface area contributed by atoms with Crippen LogP contribution >= 0.6 is 0 Å². The van der Waals surface area contributed by atoms with Crippen molar-refractivity contribution < 1.29 is 14.3 Å². The van der Waals surface area contributed by atoms with Crippen LogP contribution in [-0.4, -0.2) is 31.2 Å². The molecule has 108 valence electrons. The van der Waals surface area contributed by atoms with E-state index in [0.717, 1.165) is 32.3 Å². The Labute approximate surface area is 120 Å². The Bertz CT molecular complexity index is 449. The first-order valence-electron chi connectivity index (χ1n) is 7.56. The molecule has 0 aliphatic carbocycles. The van der Waals surface area contributed by atoms with Gasteiger partial charge in [-0.2, -0.15) is 0 Å². The van der Waals surface area contributed by atoms with Gasteiger partial charge < -0.3 is 9.47 Å². The van der Waals surface area contributed by atoms with E-state index in [2.05, 4.69) is 12.1 Å². The molecule has 2 fully saturated rings. The van der Waals surface area contributed by atoms with Crippen molar-refractivity contribution in [1.82, 2.24) is 0 Å². The average Bonchev–Trinajstić information content (AvgIpc) is 2.93. The average molecular weight is 274 g/mol. The molecular weight excluding hydrogens is 252 g/mol. The highest BCUT2D eigenvalue weighted by Crippen LogP contribution is 2.36. The van der Waals surface area contributed by atoms with Gasteiger partial charge in [0.25, 0.3) is 0 Å². The van der Waals surface area contributed by atoms with E-state index in [-0.39, 0.29) is 11.5 Å². The molecule has 0 saturated carbocycles. The van der Waals surface area contributed by atoms with Crippen molar-refractivity contribution in [1.29, 1.82) is 0 Å². The smallest absolute Gasteiger partial charge is 0.136 e.